The van der Waals surface area contributed by atoms with Crippen LogP contribution < -0.4 is 11.1 Å². The molecular formula is C15H32N2O. The highest BCUT2D eigenvalue weighted by Gasteiger charge is 1.99. The summed E-state index contributed by atoms with van der Waals surface area (Å²) >= 11 is 0. The van der Waals surface area contributed by atoms with Gasteiger partial charge >= 0.3 is 0 Å². The maximum Gasteiger partial charge on any atom is 0.219 e. The van der Waals surface area contributed by atoms with Crippen molar-refractivity contribution in [2.24, 2.45) is 5.73 Å². The molecular weight excluding hydrogens is 224 g/mol. The molecule has 0 aliphatic heterocycles. The van der Waals surface area contributed by atoms with Crippen LogP contribution in [0.1, 0.15) is 77.6 Å². The molecule has 0 aromatic rings. The van der Waals surface area contributed by atoms with Gasteiger partial charge in [-0.05, 0) is 25.8 Å². The summed E-state index contributed by atoms with van der Waals surface area (Å²) in [7, 11) is 0. The summed E-state index contributed by atoms with van der Waals surface area (Å²) in [6.45, 7) is 3.85. The molecule has 0 aliphatic rings. The number of amides is 1. The van der Waals surface area contributed by atoms with E-state index in [4.69, 9.17) is 5.73 Å². The number of nitrogens with one attached hydrogen (secondary N) is 1. The monoisotopic (exact) mass is 256 g/mol. The van der Waals surface area contributed by atoms with Crippen LogP contribution in [0.25, 0.3) is 0 Å². The fourth-order valence-electron chi connectivity index (χ4n) is 2.00. The van der Waals surface area contributed by atoms with E-state index in [-0.39, 0.29) is 5.91 Å². The second-order valence-corrected chi connectivity index (χ2v) is 5.07. The molecule has 0 spiro atoms. The molecule has 3 nitrogen and oxygen atoms in total. The third kappa shape index (κ3) is 13.5. The lowest BCUT2D eigenvalue weighted by Gasteiger charge is -2.05. The second kappa shape index (κ2) is 14.5. The molecule has 0 bridgehead atoms. The van der Waals surface area contributed by atoms with Gasteiger partial charge in [-0.15, -0.1) is 0 Å². The van der Waals surface area contributed by atoms with Crippen LogP contribution in [-0.4, -0.2) is 19.0 Å². The van der Waals surface area contributed by atoms with Gasteiger partial charge in [0.2, 0.25) is 5.91 Å². The number of rotatable bonds is 13. The van der Waals surface area contributed by atoms with Crippen LogP contribution in [0.5, 0.6) is 0 Å². The topological polar surface area (TPSA) is 55.1 Å². The first-order valence-corrected chi connectivity index (χ1v) is 7.78. The fraction of sp³-hybridized carbons (Fsp3) is 0.933. The van der Waals surface area contributed by atoms with E-state index in [9.17, 15) is 4.79 Å². The van der Waals surface area contributed by atoms with E-state index in [0.717, 1.165) is 32.4 Å². The Morgan fingerprint density at radius 2 is 1.50 bits per heavy atom. The normalized spacial score (nSPS) is 10.6. The van der Waals surface area contributed by atoms with Crippen LogP contribution >= 0.6 is 0 Å². The Morgan fingerprint density at radius 3 is 2.17 bits per heavy atom. The van der Waals surface area contributed by atoms with Crippen molar-refractivity contribution in [3.05, 3.63) is 0 Å². The van der Waals surface area contributed by atoms with Crippen LogP contribution in [0.4, 0.5) is 0 Å². The standard InChI is InChI=1S/C15H32N2O/c1-2-3-4-9-12-15(18)17-14-11-8-6-5-7-10-13-16/h2-14,16H2,1H3,(H,17,18). The first-order chi connectivity index (χ1) is 8.81. The van der Waals surface area contributed by atoms with Gasteiger partial charge in [-0.2, -0.15) is 0 Å². The average molecular weight is 256 g/mol. The van der Waals surface area contributed by atoms with E-state index in [1.54, 1.807) is 0 Å². The molecule has 0 atom stereocenters. The molecule has 0 heterocycles. The molecule has 0 saturated carbocycles. The van der Waals surface area contributed by atoms with Crippen LogP contribution in [-0.2, 0) is 4.79 Å². The van der Waals surface area contributed by atoms with Crippen molar-refractivity contribution in [2.75, 3.05) is 13.1 Å². The lowest BCUT2D eigenvalue weighted by molar-refractivity contribution is -0.121. The second-order valence-electron chi connectivity index (χ2n) is 5.07. The summed E-state index contributed by atoms with van der Waals surface area (Å²) in [6, 6.07) is 0. The Bertz CT molecular complexity index is 183. The molecule has 0 unspecified atom stereocenters. The molecule has 0 radical (unpaired) electrons. The molecule has 108 valence electrons. The Hall–Kier alpha value is -0.570. The Kier molecular flexibility index (Phi) is 14.0. The predicted molar refractivity (Wildman–Crippen MR) is 78.5 cm³/mol. The highest BCUT2D eigenvalue weighted by Crippen LogP contribution is 2.04. The smallest absolute Gasteiger partial charge is 0.219 e. The third-order valence-electron chi connectivity index (χ3n) is 3.21. The highest BCUT2D eigenvalue weighted by atomic mass is 16.1. The number of hydrogen-bond acceptors (Lipinski definition) is 2. The number of carbonyl (C=O) groups is 1. The van der Waals surface area contributed by atoms with Crippen LogP contribution in [0.3, 0.4) is 0 Å². The molecule has 0 aliphatic carbocycles. The molecule has 0 aromatic carbocycles. The molecule has 1 amide bonds. The summed E-state index contributed by atoms with van der Waals surface area (Å²) in [5, 5.41) is 3.00. The van der Waals surface area contributed by atoms with Gasteiger partial charge < -0.3 is 11.1 Å². The minimum Gasteiger partial charge on any atom is -0.356 e. The Labute approximate surface area is 113 Å². The van der Waals surface area contributed by atoms with E-state index in [1.807, 2.05) is 0 Å². The van der Waals surface area contributed by atoms with E-state index in [0.29, 0.717) is 6.42 Å². The Morgan fingerprint density at radius 1 is 0.889 bits per heavy atom. The first kappa shape index (κ1) is 17.4. The van der Waals surface area contributed by atoms with Crippen molar-refractivity contribution in [3.63, 3.8) is 0 Å². The minimum absolute atomic E-state index is 0.231. The van der Waals surface area contributed by atoms with Gasteiger partial charge in [-0.1, -0.05) is 51.9 Å². The average Bonchev–Trinajstić information content (AvgIpc) is 2.38. The minimum atomic E-state index is 0.231. The molecule has 0 aromatic heterocycles. The van der Waals surface area contributed by atoms with Crippen molar-refractivity contribution in [3.8, 4) is 0 Å². The number of nitrogens with two attached hydrogens (primary N) is 1. The molecule has 0 fully saturated rings. The summed E-state index contributed by atoms with van der Waals surface area (Å²) in [6.07, 6.45) is 12.7. The zero-order chi connectivity index (χ0) is 13.5. The maximum absolute atomic E-state index is 11.5. The maximum atomic E-state index is 11.5. The van der Waals surface area contributed by atoms with Crippen molar-refractivity contribution in [1.29, 1.82) is 0 Å². The lowest BCUT2D eigenvalue weighted by Crippen LogP contribution is -2.23. The molecule has 0 saturated heterocycles. The van der Waals surface area contributed by atoms with Crippen LogP contribution in [0.15, 0.2) is 0 Å². The molecule has 3 heteroatoms. The summed E-state index contributed by atoms with van der Waals surface area (Å²) < 4.78 is 0. The number of carbonyl (C=O) groups excluding carboxylic acids is 1. The van der Waals surface area contributed by atoms with E-state index < -0.39 is 0 Å². The van der Waals surface area contributed by atoms with Gasteiger partial charge in [0, 0.05) is 13.0 Å². The van der Waals surface area contributed by atoms with E-state index in [2.05, 4.69) is 12.2 Å². The quantitative estimate of drug-likeness (QED) is 0.496. The van der Waals surface area contributed by atoms with Crippen molar-refractivity contribution >= 4 is 5.91 Å². The zero-order valence-corrected chi connectivity index (χ0v) is 12.2. The summed E-state index contributed by atoms with van der Waals surface area (Å²) in [5.41, 5.74) is 5.44. The SMILES string of the molecule is CCCCCCC(=O)NCCCCCCCCN. The van der Waals surface area contributed by atoms with Gasteiger partial charge in [-0.3, -0.25) is 4.79 Å². The Balaban J connectivity index is 3.10. The van der Waals surface area contributed by atoms with Gasteiger partial charge in [0.15, 0.2) is 0 Å². The van der Waals surface area contributed by atoms with Gasteiger partial charge in [0.05, 0.1) is 0 Å². The van der Waals surface area contributed by atoms with Crippen LogP contribution in [0.2, 0.25) is 0 Å². The molecule has 3 N–H and O–H groups in total. The predicted octanol–water partition coefficient (Wildman–Crippen LogP) is 3.37. The molecule has 18 heavy (non-hydrogen) atoms. The van der Waals surface area contributed by atoms with E-state index in [1.165, 1.54) is 44.9 Å². The largest absolute Gasteiger partial charge is 0.356 e. The summed E-state index contributed by atoms with van der Waals surface area (Å²) in [4.78, 5) is 11.5. The summed E-state index contributed by atoms with van der Waals surface area (Å²) in [5.74, 6) is 0.231. The zero-order valence-electron chi connectivity index (χ0n) is 12.2. The third-order valence-corrected chi connectivity index (χ3v) is 3.21. The highest BCUT2D eigenvalue weighted by molar-refractivity contribution is 5.75. The van der Waals surface area contributed by atoms with Crippen molar-refractivity contribution < 1.29 is 4.79 Å². The van der Waals surface area contributed by atoms with Gasteiger partial charge in [-0.25, -0.2) is 0 Å². The lowest BCUT2D eigenvalue weighted by atomic mass is 10.1. The number of unbranched alkanes of at least 4 members (excludes halogenated alkanes) is 8. The van der Waals surface area contributed by atoms with Crippen LogP contribution in [0, 0.1) is 0 Å². The fourth-order valence-corrected chi connectivity index (χ4v) is 2.00. The van der Waals surface area contributed by atoms with Gasteiger partial charge in [0.1, 0.15) is 0 Å². The molecule has 0 rings (SSSR count). The van der Waals surface area contributed by atoms with E-state index >= 15 is 0 Å². The van der Waals surface area contributed by atoms with Crippen molar-refractivity contribution in [2.45, 2.75) is 77.6 Å². The van der Waals surface area contributed by atoms with Gasteiger partial charge in [0.25, 0.3) is 0 Å². The first-order valence-electron chi connectivity index (χ1n) is 7.78. The number of hydrogen-bond donors (Lipinski definition) is 2. The van der Waals surface area contributed by atoms with Crippen molar-refractivity contribution in [1.82, 2.24) is 5.32 Å².